The monoisotopic (exact) mass is 382 g/mol. The summed E-state index contributed by atoms with van der Waals surface area (Å²) in [6.07, 6.45) is 0. The lowest BCUT2D eigenvalue weighted by Gasteiger charge is -2.28. The van der Waals surface area contributed by atoms with Crippen LogP contribution >= 0.6 is 0 Å². The Hall–Kier alpha value is -2.53. The van der Waals surface area contributed by atoms with Gasteiger partial charge >= 0.3 is 0 Å². The summed E-state index contributed by atoms with van der Waals surface area (Å²) in [5.74, 6) is 1.80. The van der Waals surface area contributed by atoms with Crippen molar-refractivity contribution in [3.8, 4) is 11.5 Å². The molecule has 0 fully saturated rings. The van der Waals surface area contributed by atoms with Crippen LogP contribution in [0.25, 0.3) is 0 Å². The number of carbonyl (C=O) groups excluding carboxylic acids is 1. The molecule has 2 N–H and O–H groups in total. The standard InChI is InChI=1S/C23H30N2O3/c1-14(2)22(18-8-9-20-21(13-18)28-11-10-27-20)24-17(5)23(26)25-19-12-15(3)6-7-16(19)4/h6-9,12-14,17,22,24H,10-11H2,1-5H3,(H,25,26)/t17-,22+/m0/s1. The maximum atomic E-state index is 12.8. The van der Waals surface area contributed by atoms with Crippen LogP contribution in [-0.2, 0) is 4.79 Å². The van der Waals surface area contributed by atoms with Crippen molar-refractivity contribution in [1.82, 2.24) is 5.32 Å². The van der Waals surface area contributed by atoms with Gasteiger partial charge in [-0.1, -0.05) is 32.0 Å². The van der Waals surface area contributed by atoms with Gasteiger partial charge in [-0.15, -0.1) is 0 Å². The topological polar surface area (TPSA) is 59.6 Å². The lowest BCUT2D eigenvalue weighted by molar-refractivity contribution is -0.118. The maximum absolute atomic E-state index is 12.8. The first-order valence-electron chi connectivity index (χ1n) is 9.89. The number of rotatable bonds is 6. The molecule has 5 heteroatoms. The molecule has 1 amide bonds. The molecule has 3 rings (SSSR count). The summed E-state index contributed by atoms with van der Waals surface area (Å²) in [6.45, 7) is 11.3. The highest BCUT2D eigenvalue weighted by Crippen LogP contribution is 2.34. The third-order valence-electron chi connectivity index (χ3n) is 5.07. The molecule has 2 aromatic rings. The van der Waals surface area contributed by atoms with Gasteiger partial charge < -0.3 is 14.8 Å². The molecule has 150 valence electrons. The Morgan fingerprint density at radius 3 is 2.39 bits per heavy atom. The van der Waals surface area contributed by atoms with E-state index in [1.54, 1.807) is 0 Å². The molecule has 0 saturated heterocycles. The van der Waals surface area contributed by atoms with Crippen LogP contribution in [0, 0.1) is 19.8 Å². The number of hydrogen-bond acceptors (Lipinski definition) is 4. The van der Waals surface area contributed by atoms with Crippen molar-refractivity contribution >= 4 is 11.6 Å². The van der Waals surface area contributed by atoms with Crippen LogP contribution < -0.4 is 20.1 Å². The van der Waals surface area contributed by atoms with Crippen LogP contribution in [0.2, 0.25) is 0 Å². The molecule has 0 radical (unpaired) electrons. The van der Waals surface area contributed by atoms with Gasteiger partial charge in [0.25, 0.3) is 0 Å². The first kappa shape index (κ1) is 20.2. The molecule has 1 heterocycles. The third-order valence-corrected chi connectivity index (χ3v) is 5.07. The second-order valence-corrected chi connectivity index (χ2v) is 7.82. The van der Waals surface area contributed by atoms with E-state index in [1.807, 2.05) is 57.2 Å². The highest BCUT2D eigenvalue weighted by molar-refractivity contribution is 5.95. The van der Waals surface area contributed by atoms with Gasteiger partial charge in [0.05, 0.1) is 6.04 Å². The molecular weight excluding hydrogens is 352 g/mol. The Balaban J connectivity index is 1.73. The molecular formula is C23H30N2O3. The molecule has 0 saturated carbocycles. The fourth-order valence-corrected chi connectivity index (χ4v) is 3.38. The molecule has 1 aliphatic rings. The largest absolute Gasteiger partial charge is 0.486 e. The van der Waals surface area contributed by atoms with Crippen LogP contribution in [0.5, 0.6) is 11.5 Å². The molecule has 0 aliphatic carbocycles. The smallest absolute Gasteiger partial charge is 0.241 e. The zero-order chi connectivity index (χ0) is 20.3. The normalized spacial score (nSPS) is 15.2. The molecule has 0 unspecified atom stereocenters. The zero-order valence-corrected chi connectivity index (χ0v) is 17.3. The Morgan fingerprint density at radius 1 is 0.964 bits per heavy atom. The molecule has 2 atom stereocenters. The van der Waals surface area contributed by atoms with Crippen molar-refractivity contribution in [3.63, 3.8) is 0 Å². The minimum atomic E-state index is -0.347. The summed E-state index contributed by atoms with van der Waals surface area (Å²) in [7, 11) is 0. The average Bonchev–Trinajstić information content (AvgIpc) is 2.68. The Kier molecular flexibility index (Phi) is 6.25. The van der Waals surface area contributed by atoms with Crippen molar-refractivity contribution in [2.24, 2.45) is 5.92 Å². The molecule has 2 aromatic carbocycles. The lowest BCUT2D eigenvalue weighted by atomic mass is 9.94. The number of nitrogens with one attached hydrogen (secondary N) is 2. The number of benzene rings is 2. The van der Waals surface area contributed by atoms with Gasteiger partial charge in [-0.3, -0.25) is 10.1 Å². The van der Waals surface area contributed by atoms with Crippen molar-refractivity contribution in [2.45, 2.75) is 46.7 Å². The first-order valence-corrected chi connectivity index (χ1v) is 9.89. The van der Waals surface area contributed by atoms with Gasteiger partial charge in [-0.25, -0.2) is 0 Å². The van der Waals surface area contributed by atoms with Gasteiger partial charge in [0, 0.05) is 11.7 Å². The van der Waals surface area contributed by atoms with E-state index in [0.29, 0.717) is 19.1 Å². The van der Waals surface area contributed by atoms with Gasteiger partial charge in [-0.05, 0) is 61.6 Å². The van der Waals surface area contributed by atoms with Crippen molar-refractivity contribution in [3.05, 3.63) is 53.1 Å². The Labute approximate surface area is 167 Å². The molecule has 1 aliphatic heterocycles. The molecule has 28 heavy (non-hydrogen) atoms. The van der Waals surface area contributed by atoms with E-state index < -0.39 is 0 Å². The SMILES string of the molecule is Cc1ccc(C)c(NC(=O)[C@H](C)N[C@@H](c2ccc3c(c2)OCCO3)C(C)C)c1. The minimum absolute atomic E-state index is 0.0233. The van der Waals surface area contributed by atoms with Crippen molar-refractivity contribution in [1.29, 1.82) is 0 Å². The number of amides is 1. The number of fused-ring (bicyclic) bond motifs is 1. The van der Waals surface area contributed by atoms with Crippen LogP contribution in [0.1, 0.15) is 43.5 Å². The van der Waals surface area contributed by atoms with Crippen molar-refractivity contribution in [2.75, 3.05) is 18.5 Å². The number of hydrogen-bond donors (Lipinski definition) is 2. The van der Waals surface area contributed by atoms with Crippen LogP contribution in [-0.4, -0.2) is 25.2 Å². The fourth-order valence-electron chi connectivity index (χ4n) is 3.38. The van der Waals surface area contributed by atoms with Crippen LogP contribution in [0.15, 0.2) is 36.4 Å². The highest BCUT2D eigenvalue weighted by atomic mass is 16.6. The second kappa shape index (κ2) is 8.65. The predicted molar refractivity (Wildman–Crippen MR) is 112 cm³/mol. The quantitative estimate of drug-likeness (QED) is 0.778. The van der Waals surface area contributed by atoms with Crippen LogP contribution in [0.4, 0.5) is 5.69 Å². The van der Waals surface area contributed by atoms with E-state index in [4.69, 9.17) is 9.47 Å². The lowest BCUT2D eigenvalue weighted by Crippen LogP contribution is -2.41. The summed E-state index contributed by atoms with van der Waals surface area (Å²) in [5, 5.41) is 6.54. The number of anilines is 1. The summed E-state index contributed by atoms with van der Waals surface area (Å²) in [6, 6.07) is 11.7. The molecule has 0 aromatic heterocycles. The summed E-state index contributed by atoms with van der Waals surface area (Å²) >= 11 is 0. The Bertz CT molecular complexity index is 848. The van der Waals surface area contributed by atoms with E-state index in [0.717, 1.165) is 33.9 Å². The molecule has 0 bridgehead atoms. The number of aryl methyl sites for hydroxylation is 2. The maximum Gasteiger partial charge on any atom is 0.241 e. The van der Waals surface area contributed by atoms with E-state index in [-0.39, 0.29) is 18.0 Å². The highest BCUT2D eigenvalue weighted by Gasteiger charge is 2.24. The molecule has 5 nitrogen and oxygen atoms in total. The second-order valence-electron chi connectivity index (χ2n) is 7.82. The van der Waals surface area contributed by atoms with Crippen LogP contribution in [0.3, 0.4) is 0 Å². The van der Waals surface area contributed by atoms with Crippen molar-refractivity contribution < 1.29 is 14.3 Å². The summed E-state index contributed by atoms with van der Waals surface area (Å²) in [4.78, 5) is 12.8. The molecule has 0 spiro atoms. The van der Waals surface area contributed by atoms with E-state index in [1.165, 1.54) is 0 Å². The van der Waals surface area contributed by atoms with E-state index in [2.05, 4.69) is 24.5 Å². The average molecular weight is 383 g/mol. The Morgan fingerprint density at radius 2 is 1.68 bits per heavy atom. The zero-order valence-electron chi connectivity index (χ0n) is 17.3. The van der Waals surface area contributed by atoms with E-state index >= 15 is 0 Å². The first-order chi connectivity index (χ1) is 13.3. The third kappa shape index (κ3) is 4.65. The number of ether oxygens (including phenoxy) is 2. The fraction of sp³-hybridized carbons (Fsp3) is 0.435. The summed E-state index contributed by atoms with van der Waals surface area (Å²) in [5.41, 5.74) is 4.13. The number of carbonyl (C=O) groups is 1. The predicted octanol–water partition coefficient (Wildman–Crippen LogP) is 4.39. The van der Waals surface area contributed by atoms with E-state index in [9.17, 15) is 4.79 Å². The minimum Gasteiger partial charge on any atom is -0.486 e. The van der Waals surface area contributed by atoms with Gasteiger partial charge in [0.2, 0.25) is 5.91 Å². The van der Waals surface area contributed by atoms with Gasteiger partial charge in [0.1, 0.15) is 13.2 Å². The van der Waals surface area contributed by atoms with Gasteiger partial charge in [0.15, 0.2) is 11.5 Å². The van der Waals surface area contributed by atoms with Gasteiger partial charge in [-0.2, -0.15) is 0 Å². The summed E-state index contributed by atoms with van der Waals surface area (Å²) < 4.78 is 11.3.